The van der Waals surface area contributed by atoms with E-state index in [4.69, 9.17) is 4.74 Å². The average molecular weight is 204 g/mol. The van der Waals surface area contributed by atoms with Crippen molar-refractivity contribution in [3.63, 3.8) is 0 Å². The van der Waals surface area contributed by atoms with Crippen LogP contribution in [0.5, 0.6) is 5.75 Å². The number of methoxy groups -OCH3 is 1. The van der Waals surface area contributed by atoms with Crippen LogP contribution in [0, 0.1) is 5.41 Å². The first-order valence-electron chi connectivity index (χ1n) is 5.26. The summed E-state index contributed by atoms with van der Waals surface area (Å²) in [5, 5.41) is 0. The fourth-order valence-corrected chi connectivity index (χ4v) is 1.59. The van der Waals surface area contributed by atoms with Gasteiger partial charge in [-0.3, -0.25) is 0 Å². The highest BCUT2D eigenvalue weighted by Crippen LogP contribution is 2.24. The molecule has 0 radical (unpaired) electrons. The van der Waals surface area contributed by atoms with Crippen LogP contribution in [0.25, 0.3) is 5.57 Å². The molecule has 1 nitrogen and oxygen atoms in total. The molecule has 0 unspecified atom stereocenters. The summed E-state index contributed by atoms with van der Waals surface area (Å²) in [5.74, 6) is 0.905. The summed E-state index contributed by atoms with van der Waals surface area (Å²) in [6, 6.07) is 8.18. The van der Waals surface area contributed by atoms with Gasteiger partial charge in [-0.2, -0.15) is 0 Å². The summed E-state index contributed by atoms with van der Waals surface area (Å²) < 4.78 is 5.13. The van der Waals surface area contributed by atoms with Crippen molar-refractivity contribution in [3.05, 3.63) is 35.9 Å². The molecule has 1 aromatic carbocycles. The molecule has 0 amide bonds. The van der Waals surface area contributed by atoms with Gasteiger partial charge in [0.1, 0.15) is 5.75 Å². The number of hydrogen-bond acceptors (Lipinski definition) is 1. The van der Waals surface area contributed by atoms with E-state index in [0.717, 1.165) is 5.75 Å². The van der Waals surface area contributed by atoms with Crippen molar-refractivity contribution in [3.8, 4) is 5.75 Å². The molecule has 1 aromatic rings. The van der Waals surface area contributed by atoms with Crippen LogP contribution in [0.3, 0.4) is 0 Å². The zero-order valence-corrected chi connectivity index (χ0v) is 10.3. The third-order valence-electron chi connectivity index (χ3n) is 2.19. The van der Waals surface area contributed by atoms with E-state index in [0.29, 0.717) is 0 Å². The molecule has 0 aliphatic carbocycles. The van der Waals surface area contributed by atoms with Crippen LogP contribution in [0.2, 0.25) is 0 Å². The minimum atomic E-state index is 0.226. The van der Waals surface area contributed by atoms with Crippen LogP contribution in [0.1, 0.15) is 33.3 Å². The highest BCUT2D eigenvalue weighted by Gasteiger charge is 2.07. The third kappa shape index (κ3) is 3.78. The Bertz CT molecular complexity index is 339. The third-order valence-corrected chi connectivity index (χ3v) is 2.19. The molecular formula is C14H20O. The van der Waals surface area contributed by atoms with E-state index in [-0.39, 0.29) is 5.41 Å². The minimum absolute atomic E-state index is 0.226. The van der Waals surface area contributed by atoms with E-state index >= 15 is 0 Å². The first-order chi connectivity index (χ1) is 6.92. The van der Waals surface area contributed by atoms with Crippen LogP contribution in [-0.2, 0) is 0 Å². The highest BCUT2D eigenvalue weighted by molar-refractivity contribution is 5.64. The summed E-state index contributed by atoms with van der Waals surface area (Å²) in [6.45, 7) is 8.77. The molecule has 15 heavy (non-hydrogen) atoms. The van der Waals surface area contributed by atoms with Gasteiger partial charge in [0.15, 0.2) is 0 Å². The van der Waals surface area contributed by atoms with Gasteiger partial charge in [-0.15, -0.1) is 0 Å². The second-order valence-corrected chi connectivity index (χ2v) is 4.92. The van der Waals surface area contributed by atoms with E-state index in [9.17, 15) is 0 Å². The van der Waals surface area contributed by atoms with Crippen LogP contribution >= 0.6 is 0 Å². The van der Waals surface area contributed by atoms with E-state index in [2.05, 4.69) is 45.9 Å². The molecule has 0 saturated heterocycles. The standard InChI is InChI=1S/C14H20O/c1-11(10-14(2,3)4)12-6-8-13(15-5)9-7-12/h6-10H,1-5H3/b11-10+. The summed E-state index contributed by atoms with van der Waals surface area (Å²) in [6.07, 6.45) is 2.29. The maximum Gasteiger partial charge on any atom is 0.118 e. The van der Waals surface area contributed by atoms with Crippen molar-refractivity contribution >= 4 is 5.57 Å². The lowest BCUT2D eigenvalue weighted by atomic mass is 9.92. The van der Waals surface area contributed by atoms with Gasteiger partial charge in [-0.1, -0.05) is 39.0 Å². The minimum Gasteiger partial charge on any atom is -0.497 e. The Morgan fingerprint density at radius 2 is 1.67 bits per heavy atom. The molecule has 0 atom stereocenters. The first kappa shape index (κ1) is 11.8. The van der Waals surface area contributed by atoms with E-state index in [1.54, 1.807) is 7.11 Å². The second-order valence-electron chi connectivity index (χ2n) is 4.92. The van der Waals surface area contributed by atoms with Crippen molar-refractivity contribution < 1.29 is 4.74 Å². The average Bonchev–Trinajstić information content (AvgIpc) is 2.15. The Morgan fingerprint density at radius 3 is 2.07 bits per heavy atom. The largest absolute Gasteiger partial charge is 0.497 e. The van der Waals surface area contributed by atoms with Crippen LogP contribution < -0.4 is 4.74 Å². The fraction of sp³-hybridized carbons (Fsp3) is 0.429. The summed E-state index contributed by atoms with van der Waals surface area (Å²) in [7, 11) is 1.69. The van der Waals surface area contributed by atoms with E-state index in [1.807, 2.05) is 12.1 Å². The Morgan fingerprint density at radius 1 is 1.13 bits per heavy atom. The van der Waals surface area contributed by atoms with Crippen LogP contribution in [0.15, 0.2) is 30.3 Å². The van der Waals surface area contributed by atoms with E-state index < -0.39 is 0 Å². The Hall–Kier alpha value is -1.24. The molecule has 82 valence electrons. The topological polar surface area (TPSA) is 9.23 Å². The van der Waals surface area contributed by atoms with Gasteiger partial charge in [0.05, 0.1) is 7.11 Å². The van der Waals surface area contributed by atoms with Gasteiger partial charge in [0.25, 0.3) is 0 Å². The smallest absolute Gasteiger partial charge is 0.118 e. The monoisotopic (exact) mass is 204 g/mol. The first-order valence-corrected chi connectivity index (χ1v) is 5.26. The Balaban J connectivity index is 2.92. The highest BCUT2D eigenvalue weighted by atomic mass is 16.5. The van der Waals surface area contributed by atoms with Gasteiger partial charge in [0, 0.05) is 0 Å². The van der Waals surface area contributed by atoms with Gasteiger partial charge >= 0.3 is 0 Å². The predicted molar refractivity (Wildman–Crippen MR) is 66.1 cm³/mol. The molecule has 0 aliphatic rings. The quantitative estimate of drug-likeness (QED) is 0.703. The van der Waals surface area contributed by atoms with Gasteiger partial charge in [-0.05, 0) is 35.6 Å². The number of benzene rings is 1. The zero-order valence-electron chi connectivity index (χ0n) is 10.3. The maximum absolute atomic E-state index is 5.13. The number of allylic oxidation sites excluding steroid dienone is 2. The lowest BCUT2D eigenvalue weighted by Gasteiger charge is -2.14. The summed E-state index contributed by atoms with van der Waals surface area (Å²) in [5.41, 5.74) is 2.79. The molecule has 0 spiro atoms. The number of ether oxygens (including phenoxy) is 1. The normalized spacial score (nSPS) is 12.7. The lowest BCUT2D eigenvalue weighted by molar-refractivity contribution is 0.415. The van der Waals surface area contributed by atoms with Crippen LogP contribution in [0.4, 0.5) is 0 Å². The summed E-state index contributed by atoms with van der Waals surface area (Å²) in [4.78, 5) is 0. The molecule has 0 aliphatic heterocycles. The van der Waals surface area contributed by atoms with Crippen molar-refractivity contribution in [2.75, 3.05) is 7.11 Å². The molecule has 1 heteroatoms. The molecular weight excluding hydrogens is 184 g/mol. The Kier molecular flexibility index (Phi) is 3.57. The lowest BCUT2D eigenvalue weighted by Crippen LogP contribution is -2.00. The number of rotatable bonds is 2. The number of hydrogen-bond donors (Lipinski definition) is 0. The second kappa shape index (κ2) is 4.52. The maximum atomic E-state index is 5.13. The molecule has 0 fully saturated rings. The van der Waals surface area contributed by atoms with Gasteiger partial charge < -0.3 is 4.74 Å². The molecule has 1 rings (SSSR count). The van der Waals surface area contributed by atoms with Gasteiger partial charge in [-0.25, -0.2) is 0 Å². The van der Waals surface area contributed by atoms with E-state index in [1.165, 1.54) is 11.1 Å². The molecule has 0 heterocycles. The summed E-state index contributed by atoms with van der Waals surface area (Å²) >= 11 is 0. The van der Waals surface area contributed by atoms with Crippen molar-refractivity contribution in [1.29, 1.82) is 0 Å². The molecule has 0 N–H and O–H groups in total. The zero-order chi connectivity index (χ0) is 11.5. The molecule has 0 aromatic heterocycles. The Labute approximate surface area is 92.8 Å². The molecule has 0 bridgehead atoms. The fourth-order valence-electron chi connectivity index (χ4n) is 1.59. The SMILES string of the molecule is COc1ccc(/C(C)=C/C(C)(C)C)cc1. The van der Waals surface area contributed by atoms with Gasteiger partial charge in [0.2, 0.25) is 0 Å². The van der Waals surface area contributed by atoms with Crippen molar-refractivity contribution in [2.45, 2.75) is 27.7 Å². The molecule has 0 saturated carbocycles. The predicted octanol–water partition coefficient (Wildman–Crippen LogP) is 4.14. The van der Waals surface area contributed by atoms with Crippen molar-refractivity contribution in [2.24, 2.45) is 5.41 Å². The van der Waals surface area contributed by atoms with Crippen LogP contribution in [-0.4, -0.2) is 7.11 Å². The van der Waals surface area contributed by atoms with Crippen molar-refractivity contribution in [1.82, 2.24) is 0 Å².